The van der Waals surface area contributed by atoms with Crippen LogP contribution in [0.25, 0.3) is 0 Å². The summed E-state index contributed by atoms with van der Waals surface area (Å²) in [6, 6.07) is 0. The van der Waals surface area contributed by atoms with Gasteiger partial charge >= 0.3 is 5.97 Å². The third kappa shape index (κ3) is 1.64. The second-order valence-electron chi connectivity index (χ2n) is 2.93. The Bertz CT molecular complexity index is 199. The second kappa shape index (κ2) is 3.67. The van der Waals surface area contributed by atoms with Gasteiger partial charge in [0.15, 0.2) is 6.10 Å². The van der Waals surface area contributed by atoms with Gasteiger partial charge in [-0.05, 0) is 12.8 Å². The Morgan fingerprint density at radius 3 is 2.83 bits per heavy atom. The van der Waals surface area contributed by atoms with Crippen molar-refractivity contribution >= 4 is 11.8 Å². The Hall–Kier alpha value is -0.900. The monoisotopic (exact) mass is 172 g/mol. The largest absolute Gasteiger partial charge is 0.467 e. The normalized spacial score (nSPS) is 25.5. The molecule has 1 rings (SSSR count). The first-order chi connectivity index (χ1) is 5.66. The van der Waals surface area contributed by atoms with Gasteiger partial charge in [-0.15, -0.1) is 0 Å². The number of hydrogen-bond donors (Lipinski definition) is 1. The van der Waals surface area contributed by atoms with Crippen molar-refractivity contribution in [2.45, 2.75) is 25.4 Å². The first kappa shape index (κ1) is 9.19. The zero-order valence-corrected chi connectivity index (χ0v) is 6.95. The molecule has 1 aliphatic carbocycles. The van der Waals surface area contributed by atoms with Crippen molar-refractivity contribution in [3.8, 4) is 0 Å². The number of Topliss-reactive ketones (excluding diaryl/α,β-unsaturated/α-hetero) is 1. The van der Waals surface area contributed by atoms with E-state index < -0.39 is 18.0 Å². The maximum Gasteiger partial charge on any atom is 0.335 e. The Balaban J connectivity index is 2.57. The van der Waals surface area contributed by atoms with Crippen LogP contribution in [0.2, 0.25) is 0 Å². The molecule has 0 amide bonds. The molecule has 0 saturated heterocycles. The van der Waals surface area contributed by atoms with Gasteiger partial charge in [-0.1, -0.05) is 0 Å². The van der Waals surface area contributed by atoms with E-state index in [2.05, 4.69) is 4.74 Å². The molecule has 2 atom stereocenters. The fourth-order valence-electron chi connectivity index (χ4n) is 1.46. The summed E-state index contributed by atoms with van der Waals surface area (Å²) in [4.78, 5) is 21.9. The number of methoxy groups -OCH3 is 1. The molecule has 0 aromatic rings. The van der Waals surface area contributed by atoms with Crippen molar-refractivity contribution in [3.63, 3.8) is 0 Å². The highest BCUT2D eigenvalue weighted by Gasteiger charge is 2.35. The molecule has 1 saturated carbocycles. The molecule has 4 heteroatoms. The standard InChI is InChI=1S/C8H12O4/c1-12-8(11)7(10)5-3-2-4-6(5)9/h5,7,10H,2-4H2,1H3/t5-,7+/m0/s1. The van der Waals surface area contributed by atoms with Crippen LogP contribution in [0.1, 0.15) is 19.3 Å². The van der Waals surface area contributed by atoms with Crippen LogP contribution in [0.5, 0.6) is 0 Å². The van der Waals surface area contributed by atoms with Crippen molar-refractivity contribution < 1.29 is 19.4 Å². The van der Waals surface area contributed by atoms with E-state index in [-0.39, 0.29) is 5.78 Å². The average molecular weight is 172 g/mol. The third-order valence-corrected chi connectivity index (χ3v) is 2.18. The number of hydrogen-bond acceptors (Lipinski definition) is 4. The van der Waals surface area contributed by atoms with Crippen LogP contribution in [-0.2, 0) is 14.3 Å². The smallest absolute Gasteiger partial charge is 0.335 e. The summed E-state index contributed by atoms with van der Waals surface area (Å²) < 4.78 is 4.33. The van der Waals surface area contributed by atoms with E-state index in [1.165, 1.54) is 7.11 Å². The molecular formula is C8H12O4. The van der Waals surface area contributed by atoms with E-state index in [9.17, 15) is 14.7 Å². The lowest BCUT2D eigenvalue weighted by atomic mass is 10.0. The molecule has 1 aliphatic rings. The Labute approximate surface area is 70.5 Å². The Kier molecular flexibility index (Phi) is 2.81. The average Bonchev–Trinajstić information content (AvgIpc) is 2.48. The lowest BCUT2D eigenvalue weighted by molar-refractivity contribution is -0.155. The van der Waals surface area contributed by atoms with Gasteiger partial charge in [-0.2, -0.15) is 0 Å². The number of ketones is 1. The van der Waals surface area contributed by atoms with E-state index in [0.717, 1.165) is 6.42 Å². The van der Waals surface area contributed by atoms with E-state index >= 15 is 0 Å². The highest BCUT2D eigenvalue weighted by molar-refractivity contribution is 5.89. The van der Waals surface area contributed by atoms with Crippen molar-refractivity contribution in [3.05, 3.63) is 0 Å². The Morgan fingerprint density at radius 1 is 1.75 bits per heavy atom. The molecule has 68 valence electrons. The SMILES string of the molecule is COC(=O)[C@H](O)[C@H]1CCCC1=O. The van der Waals surface area contributed by atoms with Crippen LogP contribution >= 0.6 is 0 Å². The van der Waals surface area contributed by atoms with Crippen LogP contribution in [0.4, 0.5) is 0 Å². The number of ether oxygens (including phenoxy) is 1. The van der Waals surface area contributed by atoms with Crippen LogP contribution in [-0.4, -0.2) is 30.1 Å². The van der Waals surface area contributed by atoms with Gasteiger partial charge < -0.3 is 9.84 Å². The maximum atomic E-state index is 11.1. The van der Waals surface area contributed by atoms with Crippen LogP contribution in [0.3, 0.4) is 0 Å². The predicted octanol–water partition coefficient (Wildman–Crippen LogP) is -0.111. The summed E-state index contributed by atoms with van der Waals surface area (Å²) in [5.41, 5.74) is 0. The Morgan fingerprint density at radius 2 is 2.42 bits per heavy atom. The van der Waals surface area contributed by atoms with Crippen molar-refractivity contribution in [1.82, 2.24) is 0 Å². The molecule has 0 aromatic carbocycles. The summed E-state index contributed by atoms with van der Waals surface area (Å²) in [5.74, 6) is -1.28. The van der Waals surface area contributed by atoms with Gasteiger partial charge in [0.2, 0.25) is 0 Å². The number of carbonyl (C=O) groups is 2. The second-order valence-corrected chi connectivity index (χ2v) is 2.93. The summed E-state index contributed by atoms with van der Waals surface area (Å²) in [5, 5.41) is 9.29. The minimum Gasteiger partial charge on any atom is -0.467 e. The van der Waals surface area contributed by atoms with Crippen molar-refractivity contribution in [1.29, 1.82) is 0 Å². The van der Waals surface area contributed by atoms with Gasteiger partial charge in [0.05, 0.1) is 13.0 Å². The molecule has 0 heterocycles. The molecule has 12 heavy (non-hydrogen) atoms. The summed E-state index contributed by atoms with van der Waals surface area (Å²) in [6.07, 6.45) is 0.566. The van der Waals surface area contributed by atoms with E-state index in [1.807, 2.05) is 0 Å². The topological polar surface area (TPSA) is 63.6 Å². The molecule has 4 nitrogen and oxygen atoms in total. The molecular weight excluding hydrogens is 160 g/mol. The predicted molar refractivity (Wildman–Crippen MR) is 40.4 cm³/mol. The van der Waals surface area contributed by atoms with Gasteiger partial charge in [0.25, 0.3) is 0 Å². The summed E-state index contributed by atoms with van der Waals surface area (Å²) >= 11 is 0. The van der Waals surface area contributed by atoms with E-state index in [1.54, 1.807) is 0 Å². The summed E-state index contributed by atoms with van der Waals surface area (Å²) in [6.45, 7) is 0. The lowest BCUT2D eigenvalue weighted by Gasteiger charge is -2.13. The van der Waals surface area contributed by atoms with Crippen molar-refractivity contribution in [2.24, 2.45) is 5.92 Å². The molecule has 0 radical (unpaired) electrons. The van der Waals surface area contributed by atoms with Crippen LogP contribution in [0.15, 0.2) is 0 Å². The zero-order valence-electron chi connectivity index (χ0n) is 6.95. The first-order valence-corrected chi connectivity index (χ1v) is 3.95. The third-order valence-electron chi connectivity index (χ3n) is 2.18. The number of aliphatic hydroxyl groups is 1. The van der Waals surface area contributed by atoms with Gasteiger partial charge in [-0.3, -0.25) is 4.79 Å². The maximum absolute atomic E-state index is 11.1. The number of aliphatic hydroxyl groups excluding tert-OH is 1. The highest BCUT2D eigenvalue weighted by atomic mass is 16.5. The molecule has 0 bridgehead atoms. The van der Waals surface area contributed by atoms with Crippen LogP contribution < -0.4 is 0 Å². The summed E-state index contributed by atoms with van der Waals surface area (Å²) in [7, 11) is 1.20. The lowest BCUT2D eigenvalue weighted by Crippen LogP contribution is -2.32. The molecule has 0 aliphatic heterocycles. The number of rotatable bonds is 2. The molecule has 1 fully saturated rings. The van der Waals surface area contributed by atoms with Crippen molar-refractivity contribution in [2.75, 3.05) is 7.11 Å². The van der Waals surface area contributed by atoms with E-state index in [0.29, 0.717) is 12.8 Å². The van der Waals surface area contributed by atoms with Gasteiger partial charge in [0.1, 0.15) is 5.78 Å². The molecule has 0 aromatic heterocycles. The van der Waals surface area contributed by atoms with Crippen LogP contribution in [0, 0.1) is 5.92 Å². The molecule has 0 unspecified atom stereocenters. The highest BCUT2D eigenvalue weighted by Crippen LogP contribution is 2.24. The van der Waals surface area contributed by atoms with Gasteiger partial charge in [0, 0.05) is 6.42 Å². The van der Waals surface area contributed by atoms with Gasteiger partial charge in [-0.25, -0.2) is 4.79 Å². The minimum atomic E-state index is -1.26. The fourth-order valence-corrected chi connectivity index (χ4v) is 1.46. The van der Waals surface area contributed by atoms with E-state index in [4.69, 9.17) is 0 Å². The number of carbonyl (C=O) groups excluding carboxylic acids is 2. The first-order valence-electron chi connectivity index (χ1n) is 3.95. The number of esters is 1. The fraction of sp³-hybridized carbons (Fsp3) is 0.750. The molecule has 1 N–H and O–H groups in total. The minimum absolute atomic E-state index is 0.0344. The molecule has 0 spiro atoms. The quantitative estimate of drug-likeness (QED) is 0.590. The zero-order chi connectivity index (χ0) is 9.14.